The summed E-state index contributed by atoms with van der Waals surface area (Å²) >= 11 is 0. The van der Waals surface area contributed by atoms with Crippen LogP contribution in [0, 0.1) is 0 Å². The molecular weight excluding hydrogens is 543 g/mol. The van der Waals surface area contributed by atoms with Gasteiger partial charge in [0.25, 0.3) is 5.91 Å². The molecule has 3 N–H and O–H groups in total. The molecule has 1 fully saturated rings. The van der Waals surface area contributed by atoms with Gasteiger partial charge in [0, 0.05) is 35.8 Å². The number of hydrogen-bond acceptors (Lipinski definition) is 8. The highest BCUT2D eigenvalue weighted by molar-refractivity contribution is 6.05. The van der Waals surface area contributed by atoms with Crippen LogP contribution in [-0.2, 0) is 23.2 Å². The number of nitrogens with two attached hydrogens (primary N) is 1. The topological polar surface area (TPSA) is 166 Å². The lowest BCUT2D eigenvalue weighted by atomic mass is 10.0. The standard InChI is InChI=1S/C28H29FN10O3/c1-15(2)34-27-21(12-33-37(27)4)16(3)35-28(42)23-10-19(29)13-38(23)24(40)14-39-22-6-5-17(18-7-8-31-32-11-18)9-20(22)25(36-39)26(30)41/h5-9,11-12,19,23H,3,10,13-14H2,1-2,4H3,(H2,30,41)(H,35,42). The molecule has 3 aromatic heterocycles. The van der Waals surface area contributed by atoms with Gasteiger partial charge in [0.2, 0.25) is 11.8 Å². The van der Waals surface area contributed by atoms with Crippen LogP contribution >= 0.6 is 0 Å². The number of carbonyl (C=O) groups is 3. The van der Waals surface area contributed by atoms with Gasteiger partial charge in [-0.25, -0.2) is 9.38 Å². The van der Waals surface area contributed by atoms with Crippen molar-refractivity contribution < 1.29 is 18.8 Å². The molecule has 0 saturated carbocycles. The Labute approximate surface area is 239 Å². The van der Waals surface area contributed by atoms with Crippen molar-refractivity contribution in [2.75, 3.05) is 6.54 Å². The van der Waals surface area contributed by atoms with Gasteiger partial charge in [-0.05, 0) is 37.6 Å². The molecule has 1 aliphatic rings. The summed E-state index contributed by atoms with van der Waals surface area (Å²) in [5, 5.41) is 19.3. The predicted octanol–water partition coefficient (Wildman–Crippen LogP) is 2.16. The monoisotopic (exact) mass is 572 g/mol. The highest BCUT2D eigenvalue weighted by atomic mass is 19.1. The maximum absolute atomic E-state index is 14.6. The lowest BCUT2D eigenvalue weighted by molar-refractivity contribution is -0.138. The second-order valence-electron chi connectivity index (χ2n) is 10.2. The number of alkyl halides is 1. The largest absolute Gasteiger partial charge is 0.364 e. The molecular formula is C28H29FN10O3. The second-order valence-corrected chi connectivity index (χ2v) is 10.2. The van der Waals surface area contributed by atoms with E-state index in [0.29, 0.717) is 22.3 Å². The smallest absolute Gasteiger partial charge is 0.269 e. The number of halogens is 1. The van der Waals surface area contributed by atoms with Gasteiger partial charge in [-0.15, -0.1) is 0 Å². The molecule has 216 valence electrons. The summed E-state index contributed by atoms with van der Waals surface area (Å²) in [5.41, 5.74) is 9.08. The van der Waals surface area contributed by atoms with E-state index < -0.39 is 29.9 Å². The number of aliphatic imine (C=N–C) groups is 1. The zero-order valence-corrected chi connectivity index (χ0v) is 23.3. The van der Waals surface area contributed by atoms with Gasteiger partial charge >= 0.3 is 0 Å². The van der Waals surface area contributed by atoms with Crippen LogP contribution in [0.3, 0.4) is 0 Å². The number of likely N-dealkylation sites (tertiary alicyclic amines) is 1. The van der Waals surface area contributed by atoms with E-state index in [-0.39, 0.29) is 30.9 Å². The van der Waals surface area contributed by atoms with Gasteiger partial charge < -0.3 is 16.0 Å². The molecule has 1 saturated heterocycles. The highest BCUT2D eigenvalue weighted by Crippen LogP contribution is 2.28. The number of benzene rings is 1. The van der Waals surface area contributed by atoms with Crippen molar-refractivity contribution in [2.45, 2.75) is 39.0 Å². The summed E-state index contributed by atoms with van der Waals surface area (Å²) in [6, 6.07) is 5.91. The number of rotatable bonds is 8. The molecule has 2 atom stereocenters. The molecule has 0 radical (unpaired) electrons. The first-order valence-corrected chi connectivity index (χ1v) is 13.1. The van der Waals surface area contributed by atoms with Crippen LogP contribution in [0.2, 0.25) is 0 Å². The number of amides is 3. The zero-order chi connectivity index (χ0) is 30.1. The van der Waals surface area contributed by atoms with Gasteiger partial charge in [0.15, 0.2) is 11.5 Å². The Morgan fingerprint density at radius 3 is 2.64 bits per heavy atom. The quantitative estimate of drug-likeness (QED) is 0.305. The van der Waals surface area contributed by atoms with Crippen LogP contribution in [0.5, 0.6) is 0 Å². The van der Waals surface area contributed by atoms with Gasteiger partial charge in [0.1, 0.15) is 18.8 Å². The van der Waals surface area contributed by atoms with E-state index in [1.807, 2.05) is 13.8 Å². The predicted molar refractivity (Wildman–Crippen MR) is 153 cm³/mol. The lowest BCUT2D eigenvalue weighted by Gasteiger charge is -2.24. The van der Waals surface area contributed by atoms with Crippen LogP contribution in [0.1, 0.15) is 36.3 Å². The number of aryl methyl sites for hydroxylation is 1. The van der Waals surface area contributed by atoms with E-state index in [1.165, 1.54) is 15.8 Å². The van der Waals surface area contributed by atoms with Crippen LogP contribution in [0.25, 0.3) is 27.7 Å². The number of fused-ring (bicyclic) bond motifs is 1. The Bertz CT molecular complexity index is 1740. The van der Waals surface area contributed by atoms with Crippen molar-refractivity contribution in [1.29, 1.82) is 0 Å². The molecule has 1 aliphatic heterocycles. The summed E-state index contributed by atoms with van der Waals surface area (Å²) in [4.78, 5) is 44.6. The summed E-state index contributed by atoms with van der Waals surface area (Å²) in [7, 11) is 1.71. The van der Waals surface area contributed by atoms with Gasteiger partial charge in [0.05, 0.1) is 36.2 Å². The fourth-order valence-corrected chi connectivity index (χ4v) is 4.94. The molecule has 4 aromatic rings. The zero-order valence-electron chi connectivity index (χ0n) is 23.3. The number of aromatic nitrogens is 6. The van der Waals surface area contributed by atoms with Crippen molar-refractivity contribution >= 4 is 45.9 Å². The third kappa shape index (κ3) is 5.50. The SMILES string of the molecule is C=C(NC(=O)C1CC(F)CN1C(=O)Cn1nc(C(N)=O)c2cc(-c3ccnnc3)ccc21)c1cnn(C)c1N=C(C)C. The van der Waals surface area contributed by atoms with Crippen molar-refractivity contribution in [2.24, 2.45) is 17.8 Å². The van der Waals surface area contributed by atoms with E-state index in [9.17, 15) is 18.8 Å². The summed E-state index contributed by atoms with van der Waals surface area (Å²) < 4.78 is 17.5. The summed E-state index contributed by atoms with van der Waals surface area (Å²) in [6.45, 7) is 6.99. The molecule has 13 nitrogen and oxygen atoms in total. The number of hydrogen-bond donors (Lipinski definition) is 2. The number of primary amides is 1. The minimum absolute atomic E-state index is 0.0192. The Kier molecular flexibility index (Phi) is 7.61. The van der Waals surface area contributed by atoms with Gasteiger partial charge in [-0.2, -0.15) is 20.4 Å². The Morgan fingerprint density at radius 2 is 1.95 bits per heavy atom. The molecule has 0 spiro atoms. The Morgan fingerprint density at radius 1 is 1.17 bits per heavy atom. The first-order valence-electron chi connectivity index (χ1n) is 13.1. The van der Waals surface area contributed by atoms with E-state index in [1.54, 1.807) is 48.4 Å². The van der Waals surface area contributed by atoms with Crippen molar-refractivity contribution in [1.82, 2.24) is 40.0 Å². The minimum atomic E-state index is -1.40. The maximum atomic E-state index is 14.6. The molecule has 5 rings (SSSR count). The van der Waals surface area contributed by atoms with Gasteiger partial charge in [-0.1, -0.05) is 12.6 Å². The molecule has 14 heteroatoms. The van der Waals surface area contributed by atoms with E-state index >= 15 is 0 Å². The average Bonchev–Trinajstić information content (AvgIpc) is 3.64. The average molecular weight is 573 g/mol. The molecule has 3 amide bonds. The fourth-order valence-electron chi connectivity index (χ4n) is 4.94. The van der Waals surface area contributed by atoms with Crippen molar-refractivity contribution in [3.05, 3.63) is 60.7 Å². The number of nitrogens with zero attached hydrogens (tertiary/aromatic N) is 8. The van der Waals surface area contributed by atoms with Crippen LogP contribution < -0.4 is 11.1 Å². The molecule has 42 heavy (non-hydrogen) atoms. The first-order chi connectivity index (χ1) is 20.0. The van der Waals surface area contributed by atoms with E-state index in [0.717, 1.165) is 16.8 Å². The second kappa shape index (κ2) is 11.3. The van der Waals surface area contributed by atoms with Crippen molar-refractivity contribution in [3.63, 3.8) is 0 Å². The first kappa shape index (κ1) is 28.3. The number of carbonyl (C=O) groups excluding carboxylic acids is 3. The molecule has 1 aromatic carbocycles. The van der Waals surface area contributed by atoms with Crippen molar-refractivity contribution in [3.8, 4) is 11.1 Å². The number of nitrogens with one attached hydrogen (secondary N) is 1. The molecule has 4 heterocycles. The summed E-state index contributed by atoms with van der Waals surface area (Å²) in [5.74, 6) is -1.40. The van der Waals surface area contributed by atoms with E-state index in [2.05, 4.69) is 37.3 Å². The molecule has 2 unspecified atom stereocenters. The Balaban J connectivity index is 1.37. The fraction of sp³-hybridized carbons (Fsp3) is 0.286. The third-order valence-corrected chi connectivity index (χ3v) is 6.90. The normalized spacial score (nSPS) is 16.4. The lowest BCUT2D eigenvalue weighted by Crippen LogP contribution is -2.46. The third-order valence-electron chi connectivity index (χ3n) is 6.90. The van der Waals surface area contributed by atoms with E-state index in [4.69, 9.17) is 5.73 Å². The molecule has 0 bridgehead atoms. The highest BCUT2D eigenvalue weighted by Gasteiger charge is 2.40. The Hall–Kier alpha value is -5.27. The summed E-state index contributed by atoms with van der Waals surface area (Å²) in [6.07, 6.45) is 3.07. The van der Waals surface area contributed by atoms with Crippen LogP contribution in [-0.4, -0.2) is 76.8 Å². The van der Waals surface area contributed by atoms with Crippen LogP contribution in [0.4, 0.5) is 10.2 Å². The maximum Gasteiger partial charge on any atom is 0.269 e. The van der Waals surface area contributed by atoms with Gasteiger partial charge in [-0.3, -0.25) is 23.7 Å². The minimum Gasteiger partial charge on any atom is -0.364 e. The van der Waals surface area contributed by atoms with Crippen LogP contribution in [0.15, 0.2) is 54.4 Å². The molecule has 0 aliphatic carbocycles.